The molecule has 1 aromatic rings. The third-order valence-electron chi connectivity index (χ3n) is 3.27. The fourth-order valence-electron chi connectivity index (χ4n) is 2.15. The fourth-order valence-corrected chi connectivity index (χ4v) is 2.70. The lowest BCUT2D eigenvalue weighted by Crippen LogP contribution is -2.28. The maximum absolute atomic E-state index is 12.0. The molecule has 0 saturated carbocycles. The van der Waals surface area contributed by atoms with Gasteiger partial charge in [0, 0.05) is 24.3 Å². The number of alkyl halides is 1. The summed E-state index contributed by atoms with van der Waals surface area (Å²) in [6.07, 6.45) is 2.45. The fraction of sp³-hybridized carbons (Fsp3) is 0.500. The zero-order valence-electron chi connectivity index (χ0n) is 10.6. The zero-order chi connectivity index (χ0) is 13.0. The maximum atomic E-state index is 12.0. The van der Waals surface area contributed by atoms with E-state index >= 15 is 0 Å². The van der Waals surface area contributed by atoms with E-state index in [4.69, 9.17) is 4.74 Å². The number of rotatable bonds is 4. The van der Waals surface area contributed by atoms with Crippen LogP contribution in [0, 0.1) is 0 Å². The molecule has 1 fully saturated rings. The van der Waals surface area contributed by atoms with Crippen molar-refractivity contribution in [1.29, 1.82) is 0 Å². The summed E-state index contributed by atoms with van der Waals surface area (Å²) in [5.74, 6) is 1.11. The third-order valence-corrected chi connectivity index (χ3v) is 4.02. The normalized spacial score (nSPS) is 19.0. The Morgan fingerprint density at radius 3 is 2.72 bits per heavy atom. The van der Waals surface area contributed by atoms with Crippen LogP contribution in [-0.2, 0) is 11.2 Å². The van der Waals surface area contributed by atoms with Crippen LogP contribution in [0.3, 0.4) is 0 Å². The summed E-state index contributed by atoms with van der Waals surface area (Å²) in [7, 11) is 1.66. The summed E-state index contributed by atoms with van der Waals surface area (Å²) in [6, 6.07) is 7.90. The summed E-state index contributed by atoms with van der Waals surface area (Å²) in [5.41, 5.74) is 1.18. The lowest BCUT2D eigenvalue weighted by molar-refractivity contribution is -0.130. The highest BCUT2D eigenvalue weighted by Gasteiger charge is 2.23. The minimum atomic E-state index is 0.257. The van der Waals surface area contributed by atoms with Crippen LogP contribution in [-0.4, -0.2) is 35.8 Å². The van der Waals surface area contributed by atoms with E-state index in [1.807, 2.05) is 29.2 Å². The van der Waals surface area contributed by atoms with Crippen LogP contribution in [0.4, 0.5) is 0 Å². The molecule has 18 heavy (non-hydrogen) atoms. The van der Waals surface area contributed by atoms with Crippen LogP contribution in [0.5, 0.6) is 5.75 Å². The summed E-state index contributed by atoms with van der Waals surface area (Å²) >= 11 is 3.55. The number of likely N-dealkylation sites (tertiary alicyclic amines) is 1. The molecule has 4 heteroatoms. The molecule has 3 nitrogen and oxygen atoms in total. The Balaban J connectivity index is 1.81. The molecule has 0 aliphatic carbocycles. The average Bonchev–Trinajstić information content (AvgIpc) is 2.83. The smallest absolute Gasteiger partial charge is 0.222 e. The van der Waals surface area contributed by atoms with Crippen molar-refractivity contribution < 1.29 is 9.53 Å². The lowest BCUT2D eigenvalue weighted by atomic mass is 10.1. The van der Waals surface area contributed by atoms with Crippen LogP contribution < -0.4 is 4.74 Å². The Kier molecular flexibility index (Phi) is 4.64. The topological polar surface area (TPSA) is 29.5 Å². The molecule has 1 atom stereocenters. The van der Waals surface area contributed by atoms with Crippen LogP contribution in [0.1, 0.15) is 18.4 Å². The molecular weight excluding hydrogens is 294 g/mol. The molecule has 98 valence electrons. The molecule has 0 radical (unpaired) electrons. The van der Waals surface area contributed by atoms with Crippen molar-refractivity contribution in [2.75, 3.05) is 20.2 Å². The lowest BCUT2D eigenvalue weighted by Gasteiger charge is -2.15. The molecule has 0 spiro atoms. The molecular formula is C14H18BrNO2. The second kappa shape index (κ2) is 6.23. The molecule has 2 rings (SSSR count). The van der Waals surface area contributed by atoms with E-state index in [0.717, 1.165) is 31.7 Å². The van der Waals surface area contributed by atoms with Gasteiger partial charge in [0.1, 0.15) is 5.75 Å². The standard InChI is InChI=1S/C14H18BrNO2/c1-18-13-5-2-11(3-6-13)4-7-14(17)16-9-8-12(15)10-16/h2-3,5-6,12H,4,7-10H2,1H3. The number of hydrogen-bond acceptors (Lipinski definition) is 2. The van der Waals surface area contributed by atoms with Gasteiger partial charge < -0.3 is 9.64 Å². The van der Waals surface area contributed by atoms with E-state index in [1.54, 1.807) is 7.11 Å². The van der Waals surface area contributed by atoms with Crippen molar-refractivity contribution in [3.63, 3.8) is 0 Å². The summed E-state index contributed by atoms with van der Waals surface area (Å²) in [4.78, 5) is 14.4. The minimum Gasteiger partial charge on any atom is -0.497 e. The summed E-state index contributed by atoms with van der Waals surface area (Å²) in [5, 5.41) is 0. The van der Waals surface area contributed by atoms with Crippen LogP contribution in [0.15, 0.2) is 24.3 Å². The second-order valence-corrected chi connectivity index (χ2v) is 5.87. The average molecular weight is 312 g/mol. The number of carbonyl (C=O) groups excluding carboxylic acids is 1. The van der Waals surface area contributed by atoms with Crippen LogP contribution in [0.25, 0.3) is 0 Å². The van der Waals surface area contributed by atoms with Crippen molar-refractivity contribution >= 4 is 21.8 Å². The number of nitrogens with zero attached hydrogens (tertiary/aromatic N) is 1. The number of methoxy groups -OCH3 is 1. The number of amides is 1. The quantitative estimate of drug-likeness (QED) is 0.800. The minimum absolute atomic E-state index is 0.257. The Morgan fingerprint density at radius 1 is 1.44 bits per heavy atom. The maximum Gasteiger partial charge on any atom is 0.222 e. The zero-order valence-corrected chi connectivity index (χ0v) is 12.1. The number of aryl methyl sites for hydroxylation is 1. The van der Waals surface area contributed by atoms with Gasteiger partial charge in [0.2, 0.25) is 5.91 Å². The second-order valence-electron chi connectivity index (χ2n) is 4.57. The van der Waals surface area contributed by atoms with Crippen molar-refractivity contribution in [1.82, 2.24) is 4.90 Å². The van der Waals surface area contributed by atoms with Gasteiger partial charge in [-0.1, -0.05) is 28.1 Å². The first-order valence-corrected chi connectivity index (χ1v) is 7.15. The van der Waals surface area contributed by atoms with Gasteiger partial charge in [-0.15, -0.1) is 0 Å². The number of carbonyl (C=O) groups is 1. The van der Waals surface area contributed by atoms with Gasteiger partial charge in [-0.05, 0) is 30.5 Å². The summed E-state index contributed by atoms with van der Waals surface area (Å²) < 4.78 is 5.11. The third kappa shape index (κ3) is 3.48. The van der Waals surface area contributed by atoms with Gasteiger partial charge in [0.15, 0.2) is 0 Å². The van der Waals surface area contributed by atoms with Crippen LogP contribution >= 0.6 is 15.9 Å². The largest absolute Gasteiger partial charge is 0.497 e. The Labute approximate surface area is 116 Å². The molecule has 0 bridgehead atoms. The molecule has 1 aromatic carbocycles. The van der Waals surface area contributed by atoms with Gasteiger partial charge in [0.25, 0.3) is 0 Å². The molecule has 1 saturated heterocycles. The van der Waals surface area contributed by atoms with E-state index in [-0.39, 0.29) is 5.91 Å². The van der Waals surface area contributed by atoms with E-state index in [1.165, 1.54) is 5.56 Å². The van der Waals surface area contributed by atoms with E-state index in [9.17, 15) is 4.79 Å². The highest BCUT2D eigenvalue weighted by atomic mass is 79.9. The van der Waals surface area contributed by atoms with E-state index < -0.39 is 0 Å². The highest BCUT2D eigenvalue weighted by molar-refractivity contribution is 9.09. The monoisotopic (exact) mass is 311 g/mol. The predicted octanol–water partition coefficient (Wildman–Crippen LogP) is 2.62. The van der Waals surface area contributed by atoms with Gasteiger partial charge >= 0.3 is 0 Å². The molecule has 0 N–H and O–H groups in total. The first-order valence-electron chi connectivity index (χ1n) is 6.24. The van der Waals surface area contributed by atoms with Crippen molar-refractivity contribution in [2.45, 2.75) is 24.1 Å². The number of ether oxygens (including phenoxy) is 1. The molecule has 1 aliphatic heterocycles. The predicted molar refractivity (Wildman–Crippen MR) is 75.2 cm³/mol. The van der Waals surface area contributed by atoms with E-state index in [0.29, 0.717) is 11.2 Å². The SMILES string of the molecule is COc1ccc(CCC(=O)N2CCC(Br)C2)cc1. The number of hydrogen-bond donors (Lipinski definition) is 0. The first-order chi connectivity index (χ1) is 8.69. The van der Waals surface area contributed by atoms with Crippen molar-refractivity contribution in [3.05, 3.63) is 29.8 Å². The van der Waals surface area contributed by atoms with E-state index in [2.05, 4.69) is 15.9 Å². The molecule has 1 unspecified atom stereocenters. The Morgan fingerprint density at radius 2 is 2.17 bits per heavy atom. The first kappa shape index (κ1) is 13.4. The molecule has 1 amide bonds. The van der Waals surface area contributed by atoms with Crippen LogP contribution in [0.2, 0.25) is 0 Å². The highest BCUT2D eigenvalue weighted by Crippen LogP contribution is 2.18. The number of halogens is 1. The summed E-state index contributed by atoms with van der Waals surface area (Å²) in [6.45, 7) is 1.73. The molecule has 1 aliphatic rings. The Bertz CT molecular complexity index is 405. The molecule has 0 aromatic heterocycles. The van der Waals surface area contributed by atoms with Gasteiger partial charge in [-0.2, -0.15) is 0 Å². The van der Waals surface area contributed by atoms with Crippen molar-refractivity contribution in [2.24, 2.45) is 0 Å². The van der Waals surface area contributed by atoms with Gasteiger partial charge in [0.05, 0.1) is 7.11 Å². The van der Waals surface area contributed by atoms with Gasteiger partial charge in [-0.3, -0.25) is 4.79 Å². The molecule has 1 heterocycles. The Hall–Kier alpha value is -1.03. The van der Waals surface area contributed by atoms with Gasteiger partial charge in [-0.25, -0.2) is 0 Å². The number of benzene rings is 1. The van der Waals surface area contributed by atoms with Crippen molar-refractivity contribution in [3.8, 4) is 5.75 Å².